The summed E-state index contributed by atoms with van der Waals surface area (Å²) < 4.78 is 5.53. The molecule has 2 rings (SSSR count). The molecule has 1 aromatic carbocycles. The van der Waals surface area contributed by atoms with Crippen molar-refractivity contribution in [2.75, 3.05) is 0 Å². The summed E-state index contributed by atoms with van der Waals surface area (Å²) in [6, 6.07) is 7.93. The van der Waals surface area contributed by atoms with Crippen molar-refractivity contribution in [3.8, 4) is 5.88 Å². The predicted molar refractivity (Wildman–Crippen MR) is 51.9 cm³/mol. The Kier molecular flexibility index (Phi) is 1.93. The van der Waals surface area contributed by atoms with Crippen LogP contribution in [0.3, 0.4) is 0 Å². The van der Waals surface area contributed by atoms with Gasteiger partial charge in [-0.2, -0.15) is 0 Å². The first-order valence-corrected chi connectivity index (χ1v) is 4.37. The first kappa shape index (κ1) is 8.10. The summed E-state index contributed by atoms with van der Waals surface area (Å²) in [5.74, 6) is 0.686. The van der Waals surface area contributed by atoms with Crippen LogP contribution in [0.15, 0.2) is 24.3 Å². The summed E-state index contributed by atoms with van der Waals surface area (Å²) >= 11 is 0. The molecule has 0 amide bonds. The fraction of sp³-hybridized carbons (Fsp3) is 0.300. The molecular formula is C10H12N2O. The molecule has 68 valence electrons. The highest BCUT2D eigenvalue weighted by Crippen LogP contribution is 2.22. The maximum atomic E-state index is 5.53. The molecule has 0 atom stereocenters. The van der Waals surface area contributed by atoms with Crippen LogP contribution in [-0.4, -0.2) is 16.3 Å². The number of nitrogens with zero attached hydrogens (tertiary/aromatic N) is 1. The van der Waals surface area contributed by atoms with Crippen LogP contribution < -0.4 is 4.74 Å². The first-order chi connectivity index (χ1) is 6.27. The van der Waals surface area contributed by atoms with E-state index >= 15 is 0 Å². The standard InChI is InChI=1S/C10H12N2O/c1-7(2)13-10-8-5-3-4-6-9(8)11-12-10/h3-7H,1-2H3,(H,11,12). The number of fused-ring (bicyclic) bond motifs is 1. The minimum Gasteiger partial charge on any atom is -0.473 e. The van der Waals surface area contributed by atoms with E-state index in [4.69, 9.17) is 4.74 Å². The molecule has 1 heterocycles. The fourth-order valence-electron chi connectivity index (χ4n) is 1.25. The van der Waals surface area contributed by atoms with Gasteiger partial charge >= 0.3 is 0 Å². The zero-order valence-corrected chi connectivity index (χ0v) is 7.74. The number of aromatic amines is 1. The second-order valence-electron chi connectivity index (χ2n) is 3.24. The Morgan fingerprint density at radius 2 is 2.08 bits per heavy atom. The highest BCUT2D eigenvalue weighted by molar-refractivity contribution is 5.83. The lowest BCUT2D eigenvalue weighted by Gasteiger charge is -2.05. The van der Waals surface area contributed by atoms with Crippen LogP contribution in [0, 0.1) is 0 Å². The summed E-state index contributed by atoms with van der Waals surface area (Å²) in [6.45, 7) is 3.98. The van der Waals surface area contributed by atoms with Crippen molar-refractivity contribution >= 4 is 10.9 Å². The van der Waals surface area contributed by atoms with Crippen molar-refractivity contribution in [2.24, 2.45) is 0 Å². The largest absolute Gasteiger partial charge is 0.473 e. The third-order valence-corrected chi connectivity index (χ3v) is 1.78. The van der Waals surface area contributed by atoms with Gasteiger partial charge in [0.2, 0.25) is 5.88 Å². The van der Waals surface area contributed by atoms with Crippen LogP contribution in [0.2, 0.25) is 0 Å². The maximum Gasteiger partial charge on any atom is 0.240 e. The molecule has 3 nitrogen and oxygen atoms in total. The number of aromatic nitrogens is 2. The normalized spacial score (nSPS) is 11.0. The molecule has 1 aromatic heterocycles. The van der Waals surface area contributed by atoms with Gasteiger partial charge < -0.3 is 4.74 Å². The van der Waals surface area contributed by atoms with Gasteiger partial charge in [-0.1, -0.05) is 12.1 Å². The molecule has 13 heavy (non-hydrogen) atoms. The van der Waals surface area contributed by atoms with E-state index in [-0.39, 0.29) is 6.10 Å². The number of ether oxygens (including phenoxy) is 1. The summed E-state index contributed by atoms with van der Waals surface area (Å²) in [4.78, 5) is 0. The van der Waals surface area contributed by atoms with Crippen molar-refractivity contribution in [2.45, 2.75) is 20.0 Å². The first-order valence-electron chi connectivity index (χ1n) is 4.37. The Morgan fingerprint density at radius 1 is 1.31 bits per heavy atom. The minimum atomic E-state index is 0.159. The Bertz CT molecular complexity index is 406. The second kappa shape index (κ2) is 3.09. The van der Waals surface area contributed by atoms with Gasteiger partial charge in [0.25, 0.3) is 0 Å². The van der Waals surface area contributed by atoms with Crippen molar-refractivity contribution in [1.82, 2.24) is 10.2 Å². The van der Waals surface area contributed by atoms with Gasteiger partial charge in [0.15, 0.2) is 0 Å². The highest BCUT2D eigenvalue weighted by atomic mass is 16.5. The molecule has 2 aromatic rings. The van der Waals surface area contributed by atoms with Gasteiger partial charge in [-0.3, -0.25) is 5.10 Å². The average Bonchev–Trinajstić information content (AvgIpc) is 2.48. The van der Waals surface area contributed by atoms with Crippen LogP contribution in [0.25, 0.3) is 10.9 Å². The smallest absolute Gasteiger partial charge is 0.240 e. The Balaban J connectivity index is 2.46. The molecule has 0 saturated heterocycles. The van der Waals surface area contributed by atoms with Gasteiger partial charge in [-0.15, -0.1) is 5.10 Å². The second-order valence-corrected chi connectivity index (χ2v) is 3.24. The van der Waals surface area contributed by atoms with Crippen molar-refractivity contribution < 1.29 is 4.74 Å². The fourth-order valence-corrected chi connectivity index (χ4v) is 1.25. The molecule has 0 aliphatic carbocycles. The topological polar surface area (TPSA) is 37.9 Å². The van der Waals surface area contributed by atoms with Gasteiger partial charge in [0.05, 0.1) is 17.0 Å². The Morgan fingerprint density at radius 3 is 2.85 bits per heavy atom. The van der Waals surface area contributed by atoms with Gasteiger partial charge in [0.1, 0.15) is 0 Å². The predicted octanol–water partition coefficient (Wildman–Crippen LogP) is 2.35. The van der Waals surface area contributed by atoms with E-state index in [0.29, 0.717) is 5.88 Å². The highest BCUT2D eigenvalue weighted by Gasteiger charge is 2.06. The molecule has 0 aliphatic heterocycles. The number of para-hydroxylation sites is 1. The molecule has 0 saturated carbocycles. The van der Waals surface area contributed by atoms with Crippen LogP contribution in [0.4, 0.5) is 0 Å². The molecule has 0 aliphatic rings. The van der Waals surface area contributed by atoms with E-state index in [1.54, 1.807) is 0 Å². The monoisotopic (exact) mass is 176 g/mol. The molecule has 3 heteroatoms. The lowest BCUT2D eigenvalue weighted by Crippen LogP contribution is -2.05. The average molecular weight is 176 g/mol. The van der Waals surface area contributed by atoms with E-state index in [0.717, 1.165) is 10.9 Å². The van der Waals surface area contributed by atoms with Crippen LogP contribution in [-0.2, 0) is 0 Å². The number of benzene rings is 1. The van der Waals surface area contributed by atoms with E-state index in [2.05, 4.69) is 10.2 Å². The molecule has 0 unspecified atom stereocenters. The lowest BCUT2D eigenvalue weighted by molar-refractivity contribution is 0.235. The lowest BCUT2D eigenvalue weighted by atomic mass is 10.2. The van der Waals surface area contributed by atoms with Crippen LogP contribution in [0.5, 0.6) is 5.88 Å². The van der Waals surface area contributed by atoms with E-state index in [1.165, 1.54) is 0 Å². The van der Waals surface area contributed by atoms with Crippen molar-refractivity contribution in [1.29, 1.82) is 0 Å². The quantitative estimate of drug-likeness (QED) is 0.762. The number of hydrogen-bond donors (Lipinski definition) is 1. The maximum absolute atomic E-state index is 5.53. The number of hydrogen-bond acceptors (Lipinski definition) is 2. The molecule has 0 spiro atoms. The van der Waals surface area contributed by atoms with E-state index in [1.807, 2.05) is 38.1 Å². The van der Waals surface area contributed by atoms with Gasteiger partial charge in [0, 0.05) is 0 Å². The molecule has 1 N–H and O–H groups in total. The Hall–Kier alpha value is -1.51. The van der Waals surface area contributed by atoms with E-state index < -0.39 is 0 Å². The molecule has 0 fully saturated rings. The third-order valence-electron chi connectivity index (χ3n) is 1.78. The zero-order valence-electron chi connectivity index (χ0n) is 7.74. The van der Waals surface area contributed by atoms with Gasteiger partial charge in [-0.05, 0) is 26.0 Å². The minimum absolute atomic E-state index is 0.159. The van der Waals surface area contributed by atoms with Crippen molar-refractivity contribution in [3.63, 3.8) is 0 Å². The van der Waals surface area contributed by atoms with Crippen molar-refractivity contribution in [3.05, 3.63) is 24.3 Å². The number of H-pyrrole nitrogens is 1. The third kappa shape index (κ3) is 1.49. The summed E-state index contributed by atoms with van der Waals surface area (Å²) in [5, 5.41) is 8.04. The number of nitrogens with one attached hydrogen (secondary N) is 1. The summed E-state index contributed by atoms with van der Waals surface area (Å²) in [7, 11) is 0. The Labute approximate surface area is 76.7 Å². The number of rotatable bonds is 2. The molecule has 0 bridgehead atoms. The zero-order chi connectivity index (χ0) is 9.26. The van der Waals surface area contributed by atoms with Crippen LogP contribution in [0.1, 0.15) is 13.8 Å². The molecular weight excluding hydrogens is 164 g/mol. The summed E-state index contributed by atoms with van der Waals surface area (Å²) in [5.41, 5.74) is 1.01. The summed E-state index contributed by atoms with van der Waals surface area (Å²) in [6.07, 6.45) is 0.159. The van der Waals surface area contributed by atoms with Gasteiger partial charge in [-0.25, -0.2) is 0 Å². The molecule has 0 radical (unpaired) electrons. The van der Waals surface area contributed by atoms with E-state index in [9.17, 15) is 0 Å². The van der Waals surface area contributed by atoms with Crippen LogP contribution >= 0.6 is 0 Å². The SMILES string of the molecule is CC(C)Oc1n[nH]c2ccccc12.